The molecule has 2 rings (SSSR count). The van der Waals surface area contributed by atoms with Crippen molar-refractivity contribution in [1.29, 1.82) is 0 Å². The molecule has 1 N–H and O–H groups in total. The van der Waals surface area contributed by atoms with E-state index in [1.54, 1.807) is 31.3 Å². The SMILES string of the molecule is CNC(=O)c1ccc2nc(C)cc(Cl)c2c1. The molecule has 0 aliphatic rings. The second-order valence-electron chi connectivity index (χ2n) is 3.56. The van der Waals surface area contributed by atoms with Gasteiger partial charge in [-0.2, -0.15) is 0 Å². The summed E-state index contributed by atoms with van der Waals surface area (Å²) in [7, 11) is 1.60. The van der Waals surface area contributed by atoms with Gasteiger partial charge in [-0.1, -0.05) is 11.6 Å². The lowest BCUT2D eigenvalue weighted by Gasteiger charge is -2.04. The number of hydrogen-bond donors (Lipinski definition) is 1. The fourth-order valence-electron chi connectivity index (χ4n) is 1.59. The number of rotatable bonds is 1. The van der Waals surface area contributed by atoms with E-state index >= 15 is 0 Å². The van der Waals surface area contributed by atoms with Crippen LogP contribution in [0, 0.1) is 6.92 Å². The molecule has 0 unspecified atom stereocenters. The van der Waals surface area contributed by atoms with E-state index in [0.717, 1.165) is 16.6 Å². The summed E-state index contributed by atoms with van der Waals surface area (Å²) in [5.41, 5.74) is 2.25. The standard InChI is InChI=1S/C12H11ClN2O/c1-7-5-10(13)9-6-8(12(16)14-2)3-4-11(9)15-7/h3-6H,1-2H3,(H,14,16). The molecular weight excluding hydrogens is 224 g/mol. The fraction of sp³-hybridized carbons (Fsp3) is 0.167. The highest BCUT2D eigenvalue weighted by Crippen LogP contribution is 2.24. The van der Waals surface area contributed by atoms with Crippen LogP contribution in [0.15, 0.2) is 24.3 Å². The molecule has 82 valence electrons. The zero-order valence-electron chi connectivity index (χ0n) is 9.04. The summed E-state index contributed by atoms with van der Waals surface area (Å²) < 4.78 is 0. The number of aromatic nitrogens is 1. The monoisotopic (exact) mass is 234 g/mol. The third-order valence-electron chi connectivity index (χ3n) is 2.38. The van der Waals surface area contributed by atoms with Gasteiger partial charge < -0.3 is 5.32 Å². The zero-order chi connectivity index (χ0) is 11.7. The van der Waals surface area contributed by atoms with Gasteiger partial charge in [0, 0.05) is 23.7 Å². The lowest BCUT2D eigenvalue weighted by molar-refractivity contribution is 0.0963. The molecule has 16 heavy (non-hydrogen) atoms. The molecule has 0 radical (unpaired) electrons. The van der Waals surface area contributed by atoms with E-state index < -0.39 is 0 Å². The van der Waals surface area contributed by atoms with Crippen molar-refractivity contribution in [2.24, 2.45) is 0 Å². The molecule has 1 aromatic carbocycles. The Hall–Kier alpha value is -1.61. The van der Waals surface area contributed by atoms with Gasteiger partial charge in [-0.25, -0.2) is 0 Å². The summed E-state index contributed by atoms with van der Waals surface area (Å²) in [6.07, 6.45) is 0. The molecule has 0 aliphatic carbocycles. The van der Waals surface area contributed by atoms with Crippen LogP contribution >= 0.6 is 11.6 Å². The van der Waals surface area contributed by atoms with Crippen LogP contribution in [-0.2, 0) is 0 Å². The molecule has 2 aromatic rings. The number of pyridine rings is 1. The van der Waals surface area contributed by atoms with Crippen molar-refractivity contribution in [1.82, 2.24) is 10.3 Å². The van der Waals surface area contributed by atoms with E-state index in [2.05, 4.69) is 10.3 Å². The van der Waals surface area contributed by atoms with E-state index in [9.17, 15) is 4.79 Å². The molecule has 0 bridgehead atoms. The minimum absolute atomic E-state index is 0.126. The zero-order valence-corrected chi connectivity index (χ0v) is 9.80. The summed E-state index contributed by atoms with van der Waals surface area (Å²) in [5, 5.41) is 3.99. The summed E-state index contributed by atoms with van der Waals surface area (Å²) >= 11 is 6.11. The molecule has 0 aliphatic heterocycles. The first-order valence-corrected chi connectivity index (χ1v) is 5.28. The summed E-state index contributed by atoms with van der Waals surface area (Å²) in [5.74, 6) is -0.126. The van der Waals surface area contributed by atoms with Crippen LogP contribution in [0.1, 0.15) is 16.1 Å². The highest BCUT2D eigenvalue weighted by atomic mass is 35.5. The third kappa shape index (κ3) is 1.86. The lowest BCUT2D eigenvalue weighted by atomic mass is 10.1. The van der Waals surface area contributed by atoms with Gasteiger partial charge in [-0.15, -0.1) is 0 Å². The Morgan fingerprint density at radius 1 is 1.38 bits per heavy atom. The minimum Gasteiger partial charge on any atom is -0.355 e. The van der Waals surface area contributed by atoms with Crippen molar-refractivity contribution in [3.05, 3.63) is 40.5 Å². The molecule has 0 atom stereocenters. The number of carbonyl (C=O) groups is 1. The molecule has 0 saturated carbocycles. The number of aryl methyl sites for hydroxylation is 1. The largest absolute Gasteiger partial charge is 0.355 e. The maximum absolute atomic E-state index is 11.5. The highest BCUT2D eigenvalue weighted by Gasteiger charge is 2.07. The lowest BCUT2D eigenvalue weighted by Crippen LogP contribution is -2.17. The summed E-state index contributed by atoms with van der Waals surface area (Å²) in [6, 6.07) is 7.09. The van der Waals surface area contributed by atoms with Crippen molar-refractivity contribution in [2.45, 2.75) is 6.92 Å². The van der Waals surface area contributed by atoms with Crippen LogP contribution in [0.4, 0.5) is 0 Å². The van der Waals surface area contributed by atoms with Crippen molar-refractivity contribution < 1.29 is 4.79 Å². The van der Waals surface area contributed by atoms with Gasteiger partial charge in [-0.05, 0) is 31.2 Å². The maximum Gasteiger partial charge on any atom is 0.251 e. The molecular formula is C12H11ClN2O. The predicted octanol–water partition coefficient (Wildman–Crippen LogP) is 2.56. The molecule has 1 aromatic heterocycles. The Labute approximate surface area is 98.4 Å². The highest BCUT2D eigenvalue weighted by molar-refractivity contribution is 6.35. The van der Waals surface area contributed by atoms with Crippen LogP contribution in [0.5, 0.6) is 0 Å². The number of amides is 1. The Balaban J connectivity index is 2.66. The van der Waals surface area contributed by atoms with Crippen LogP contribution in [0.25, 0.3) is 10.9 Å². The van der Waals surface area contributed by atoms with Gasteiger partial charge in [0.15, 0.2) is 0 Å². The van der Waals surface area contributed by atoms with Crippen molar-refractivity contribution in [3.8, 4) is 0 Å². The van der Waals surface area contributed by atoms with E-state index in [1.807, 2.05) is 6.92 Å². The van der Waals surface area contributed by atoms with Gasteiger partial charge in [0.1, 0.15) is 0 Å². The molecule has 4 heteroatoms. The smallest absolute Gasteiger partial charge is 0.251 e. The van der Waals surface area contributed by atoms with E-state index in [-0.39, 0.29) is 5.91 Å². The molecule has 0 spiro atoms. The minimum atomic E-state index is -0.126. The van der Waals surface area contributed by atoms with Crippen molar-refractivity contribution in [3.63, 3.8) is 0 Å². The third-order valence-corrected chi connectivity index (χ3v) is 2.69. The Bertz CT molecular complexity index is 566. The van der Waals surface area contributed by atoms with Crippen LogP contribution < -0.4 is 5.32 Å². The molecule has 0 fully saturated rings. The van der Waals surface area contributed by atoms with Gasteiger partial charge >= 0.3 is 0 Å². The normalized spacial score (nSPS) is 10.4. The number of carbonyl (C=O) groups excluding carboxylic acids is 1. The Kier molecular flexibility index (Phi) is 2.79. The number of nitrogens with zero attached hydrogens (tertiary/aromatic N) is 1. The Morgan fingerprint density at radius 3 is 2.81 bits per heavy atom. The fourth-order valence-corrected chi connectivity index (χ4v) is 1.90. The Morgan fingerprint density at radius 2 is 2.12 bits per heavy atom. The first-order valence-electron chi connectivity index (χ1n) is 4.91. The average Bonchev–Trinajstić information content (AvgIpc) is 2.27. The number of fused-ring (bicyclic) bond motifs is 1. The number of nitrogens with one attached hydrogen (secondary N) is 1. The van der Waals surface area contributed by atoms with E-state index in [0.29, 0.717) is 10.6 Å². The van der Waals surface area contributed by atoms with Crippen molar-refractivity contribution >= 4 is 28.4 Å². The molecule has 1 heterocycles. The van der Waals surface area contributed by atoms with Gasteiger partial charge in [0.25, 0.3) is 5.91 Å². The number of halogens is 1. The van der Waals surface area contributed by atoms with Crippen molar-refractivity contribution in [2.75, 3.05) is 7.05 Å². The van der Waals surface area contributed by atoms with Gasteiger partial charge in [0.05, 0.1) is 10.5 Å². The van der Waals surface area contributed by atoms with Crippen LogP contribution in [0.3, 0.4) is 0 Å². The topological polar surface area (TPSA) is 42.0 Å². The number of benzene rings is 1. The van der Waals surface area contributed by atoms with E-state index in [4.69, 9.17) is 11.6 Å². The van der Waals surface area contributed by atoms with E-state index in [1.165, 1.54) is 0 Å². The number of hydrogen-bond acceptors (Lipinski definition) is 2. The van der Waals surface area contributed by atoms with Gasteiger partial charge in [0.2, 0.25) is 0 Å². The second kappa shape index (κ2) is 4.10. The average molecular weight is 235 g/mol. The summed E-state index contributed by atoms with van der Waals surface area (Å²) in [4.78, 5) is 15.8. The molecule has 0 saturated heterocycles. The quantitative estimate of drug-likeness (QED) is 0.824. The second-order valence-corrected chi connectivity index (χ2v) is 3.96. The predicted molar refractivity (Wildman–Crippen MR) is 64.9 cm³/mol. The maximum atomic E-state index is 11.5. The first kappa shape index (κ1) is 10.9. The first-order chi connectivity index (χ1) is 7.61. The summed E-state index contributed by atoms with van der Waals surface area (Å²) in [6.45, 7) is 1.89. The van der Waals surface area contributed by atoms with Crippen LogP contribution in [-0.4, -0.2) is 17.9 Å². The van der Waals surface area contributed by atoms with Crippen LogP contribution in [0.2, 0.25) is 5.02 Å². The molecule has 3 nitrogen and oxygen atoms in total. The van der Waals surface area contributed by atoms with Gasteiger partial charge in [-0.3, -0.25) is 9.78 Å². The molecule has 1 amide bonds.